The smallest absolute Gasteiger partial charge is 0.247 e. The Kier molecular flexibility index (Phi) is 3.08. The highest BCUT2D eigenvalue weighted by atomic mass is 16.5. The summed E-state index contributed by atoms with van der Waals surface area (Å²) < 4.78 is 6.99. The molecule has 2 N–H and O–H groups in total. The second-order valence-corrected chi connectivity index (χ2v) is 4.62. The van der Waals surface area contributed by atoms with E-state index in [-0.39, 0.29) is 0 Å². The van der Waals surface area contributed by atoms with Gasteiger partial charge in [-0.3, -0.25) is 0 Å². The maximum Gasteiger partial charge on any atom is 0.247 e. The lowest BCUT2D eigenvalue weighted by Crippen LogP contribution is -2.37. The number of nitrogen functional groups attached to an aromatic ring is 1. The third-order valence-electron chi connectivity index (χ3n) is 3.19. The standard InChI is InChI=1S/C13H17N5O/c1-10-2-4-11(5-3-10)18-12(14)15-13(16-18)17-6-8-19-9-7-17/h2-5H,6-9H2,1H3,(H2,14,15,16). The van der Waals surface area contributed by atoms with E-state index in [2.05, 4.69) is 15.0 Å². The Morgan fingerprint density at radius 1 is 1.16 bits per heavy atom. The largest absolute Gasteiger partial charge is 0.378 e. The van der Waals surface area contributed by atoms with E-state index in [4.69, 9.17) is 10.5 Å². The van der Waals surface area contributed by atoms with Gasteiger partial charge in [0.25, 0.3) is 0 Å². The van der Waals surface area contributed by atoms with Crippen LogP contribution < -0.4 is 10.6 Å². The average Bonchev–Trinajstić information content (AvgIpc) is 2.83. The number of aryl methyl sites for hydroxylation is 1. The topological polar surface area (TPSA) is 69.2 Å². The van der Waals surface area contributed by atoms with Crippen molar-refractivity contribution in [3.8, 4) is 5.69 Å². The fourth-order valence-corrected chi connectivity index (χ4v) is 2.09. The maximum absolute atomic E-state index is 5.95. The molecule has 0 aliphatic carbocycles. The van der Waals surface area contributed by atoms with Crippen LogP contribution in [0.1, 0.15) is 5.56 Å². The van der Waals surface area contributed by atoms with E-state index in [0.29, 0.717) is 25.1 Å². The minimum Gasteiger partial charge on any atom is -0.378 e. The lowest BCUT2D eigenvalue weighted by Gasteiger charge is -2.25. The molecule has 1 aliphatic heterocycles. The number of aromatic nitrogens is 3. The molecule has 100 valence electrons. The Morgan fingerprint density at radius 3 is 2.53 bits per heavy atom. The molecule has 0 saturated carbocycles. The summed E-state index contributed by atoms with van der Waals surface area (Å²) in [5, 5.41) is 4.48. The molecule has 3 rings (SSSR count). The molecule has 1 aliphatic rings. The van der Waals surface area contributed by atoms with Crippen LogP contribution >= 0.6 is 0 Å². The second kappa shape index (κ2) is 4.89. The molecule has 0 spiro atoms. The van der Waals surface area contributed by atoms with Crippen molar-refractivity contribution in [3.05, 3.63) is 29.8 Å². The number of hydrogen-bond donors (Lipinski definition) is 1. The van der Waals surface area contributed by atoms with Crippen LogP contribution in [0.5, 0.6) is 0 Å². The summed E-state index contributed by atoms with van der Waals surface area (Å²) in [6, 6.07) is 8.04. The molecule has 1 aromatic heterocycles. The van der Waals surface area contributed by atoms with Gasteiger partial charge in [-0.25, -0.2) is 0 Å². The molecule has 6 heteroatoms. The molecule has 1 aromatic carbocycles. The van der Waals surface area contributed by atoms with Crippen LogP contribution in [0.2, 0.25) is 0 Å². The first-order valence-electron chi connectivity index (χ1n) is 6.36. The number of nitrogens with zero attached hydrogens (tertiary/aromatic N) is 4. The molecular formula is C13H17N5O. The van der Waals surface area contributed by atoms with Crippen molar-refractivity contribution in [2.24, 2.45) is 0 Å². The monoisotopic (exact) mass is 259 g/mol. The van der Waals surface area contributed by atoms with Crippen LogP contribution in [0.3, 0.4) is 0 Å². The van der Waals surface area contributed by atoms with Crippen molar-refractivity contribution in [2.45, 2.75) is 6.92 Å². The average molecular weight is 259 g/mol. The van der Waals surface area contributed by atoms with Crippen molar-refractivity contribution in [3.63, 3.8) is 0 Å². The zero-order valence-electron chi connectivity index (χ0n) is 10.9. The van der Waals surface area contributed by atoms with Crippen molar-refractivity contribution >= 4 is 11.9 Å². The van der Waals surface area contributed by atoms with Gasteiger partial charge in [-0.2, -0.15) is 9.67 Å². The molecule has 0 bridgehead atoms. The van der Waals surface area contributed by atoms with E-state index >= 15 is 0 Å². The van der Waals surface area contributed by atoms with Gasteiger partial charge in [-0.05, 0) is 19.1 Å². The van der Waals surface area contributed by atoms with E-state index in [9.17, 15) is 0 Å². The summed E-state index contributed by atoms with van der Waals surface area (Å²) in [7, 11) is 0. The Morgan fingerprint density at radius 2 is 1.84 bits per heavy atom. The molecule has 1 fully saturated rings. The molecule has 0 atom stereocenters. The van der Waals surface area contributed by atoms with Crippen molar-refractivity contribution in [2.75, 3.05) is 36.9 Å². The predicted molar refractivity (Wildman–Crippen MR) is 73.5 cm³/mol. The number of benzene rings is 1. The fourth-order valence-electron chi connectivity index (χ4n) is 2.09. The first-order chi connectivity index (χ1) is 9.24. The quantitative estimate of drug-likeness (QED) is 0.871. The number of ether oxygens (including phenoxy) is 1. The molecular weight excluding hydrogens is 242 g/mol. The maximum atomic E-state index is 5.95. The lowest BCUT2D eigenvalue weighted by atomic mass is 10.2. The van der Waals surface area contributed by atoms with E-state index in [1.165, 1.54) is 5.56 Å². The first kappa shape index (κ1) is 12.0. The minimum absolute atomic E-state index is 0.408. The van der Waals surface area contributed by atoms with Gasteiger partial charge in [0.05, 0.1) is 18.9 Å². The molecule has 0 unspecified atom stereocenters. The summed E-state index contributed by atoms with van der Waals surface area (Å²) >= 11 is 0. The molecule has 0 amide bonds. The summed E-state index contributed by atoms with van der Waals surface area (Å²) in [6.45, 7) is 5.07. The number of nitrogens with two attached hydrogens (primary N) is 1. The lowest BCUT2D eigenvalue weighted by molar-refractivity contribution is 0.122. The Balaban J connectivity index is 1.90. The van der Waals surface area contributed by atoms with Crippen LogP contribution in [-0.4, -0.2) is 41.1 Å². The number of rotatable bonds is 2. The highest BCUT2D eigenvalue weighted by Gasteiger charge is 2.17. The van der Waals surface area contributed by atoms with Crippen LogP contribution in [0.15, 0.2) is 24.3 Å². The second-order valence-electron chi connectivity index (χ2n) is 4.62. The number of anilines is 2. The van der Waals surface area contributed by atoms with E-state index < -0.39 is 0 Å². The third kappa shape index (κ3) is 2.39. The summed E-state index contributed by atoms with van der Waals surface area (Å²) in [5.41, 5.74) is 8.08. The van der Waals surface area contributed by atoms with Crippen LogP contribution in [0, 0.1) is 6.92 Å². The first-order valence-corrected chi connectivity index (χ1v) is 6.36. The van der Waals surface area contributed by atoms with E-state index in [1.54, 1.807) is 4.68 Å². The van der Waals surface area contributed by atoms with Crippen LogP contribution in [-0.2, 0) is 4.74 Å². The van der Waals surface area contributed by atoms with Gasteiger partial charge in [-0.1, -0.05) is 17.7 Å². The summed E-state index contributed by atoms with van der Waals surface area (Å²) in [6.07, 6.45) is 0. The van der Waals surface area contributed by atoms with Gasteiger partial charge in [-0.15, -0.1) is 5.10 Å². The Labute approximate surface area is 111 Å². The molecule has 2 heterocycles. The van der Waals surface area contributed by atoms with E-state index in [1.807, 2.05) is 31.2 Å². The van der Waals surface area contributed by atoms with Gasteiger partial charge < -0.3 is 15.4 Å². The zero-order chi connectivity index (χ0) is 13.2. The molecule has 6 nitrogen and oxygen atoms in total. The van der Waals surface area contributed by atoms with Crippen LogP contribution in [0.4, 0.5) is 11.9 Å². The summed E-state index contributed by atoms with van der Waals surface area (Å²) in [5.74, 6) is 1.08. The minimum atomic E-state index is 0.408. The van der Waals surface area contributed by atoms with Gasteiger partial charge >= 0.3 is 0 Å². The highest BCUT2D eigenvalue weighted by molar-refractivity contribution is 5.43. The highest BCUT2D eigenvalue weighted by Crippen LogP contribution is 2.17. The van der Waals surface area contributed by atoms with E-state index in [0.717, 1.165) is 18.8 Å². The Hall–Kier alpha value is -2.08. The molecule has 0 radical (unpaired) electrons. The number of morpholine rings is 1. The van der Waals surface area contributed by atoms with Gasteiger partial charge in [0, 0.05) is 13.1 Å². The van der Waals surface area contributed by atoms with Gasteiger partial charge in [0.1, 0.15) is 0 Å². The Bertz CT molecular complexity index is 557. The third-order valence-corrected chi connectivity index (χ3v) is 3.19. The normalized spacial score (nSPS) is 15.7. The van der Waals surface area contributed by atoms with Crippen molar-refractivity contribution in [1.29, 1.82) is 0 Å². The van der Waals surface area contributed by atoms with Crippen molar-refractivity contribution in [1.82, 2.24) is 14.8 Å². The van der Waals surface area contributed by atoms with Gasteiger partial charge in [0.15, 0.2) is 0 Å². The molecule has 1 saturated heterocycles. The zero-order valence-corrected chi connectivity index (χ0v) is 10.9. The fraction of sp³-hybridized carbons (Fsp3) is 0.385. The summed E-state index contributed by atoms with van der Waals surface area (Å²) in [4.78, 5) is 6.42. The van der Waals surface area contributed by atoms with Crippen LogP contribution in [0.25, 0.3) is 5.69 Å². The predicted octanol–water partition coefficient (Wildman–Crippen LogP) is 0.995. The number of hydrogen-bond acceptors (Lipinski definition) is 5. The molecule has 19 heavy (non-hydrogen) atoms. The molecule has 2 aromatic rings. The van der Waals surface area contributed by atoms with Gasteiger partial charge in [0.2, 0.25) is 11.9 Å². The van der Waals surface area contributed by atoms with Crippen molar-refractivity contribution < 1.29 is 4.74 Å². The SMILES string of the molecule is Cc1ccc(-n2nc(N3CCOCC3)nc2N)cc1.